The SMILES string of the molecule is O=C1CC[C@H](C(=O)N2CCOCC2)N1. The third-order valence-corrected chi connectivity index (χ3v) is 2.62. The standard InChI is InChI=1S/C9H14N2O3/c12-8-2-1-7(10-8)9(13)11-3-5-14-6-4-11/h7H,1-6H2,(H,10,12)/t7-/m1/s1. The number of carbonyl (C=O) groups is 2. The number of hydrogen-bond donors (Lipinski definition) is 1. The van der Waals surface area contributed by atoms with Crippen molar-refractivity contribution in [2.45, 2.75) is 18.9 Å². The lowest BCUT2D eigenvalue weighted by Crippen LogP contribution is -2.48. The molecule has 2 rings (SSSR count). The van der Waals surface area contributed by atoms with Gasteiger partial charge in [0.05, 0.1) is 13.2 Å². The van der Waals surface area contributed by atoms with E-state index in [-0.39, 0.29) is 17.9 Å². The highest BCUT2D eigenvalue weighted by Gasteiger charge is 2.31. The first-order valence-electron chi connectivity index (χ1n) is 4.93. The highest BCUT2D eigenvalue weighted by atomic mass is 16.5. The van der Waals surface area contributed by atoms with Crippen molar-refractivity contribution in [2.24, 2.45) is 0 Å². The zero-order valence-corrected chi connectivity index (χ0v) is 7.99. The van der Waals surface area contributed by atoms with E-state index < -0.39 is 0 Å². The van der Waals surface area contributed by atoms with E-state index in [0.29, 0.717) is 39.1 Å². The Hall–Kier alpha value is -1.10. The molecule has 2 heterocycles. The van der Waals surface area contributed by atoms with Gasteiger partial charge in [0.2, 0.25) is 11.8 Å². The number of hydrogen-bond acceptors (Lipinski definition) is 3. The molecule has 0 spiro atoms. The Morgan fingerprint density at radius 1 is 1.43 bits per heavy atom. The Morgan fingerprint density at radius 3 is 2.71 bits per heavy atom. The molecule has 14 heavy (non-hydrogen) atoms. The van der Waals surface area contributed by atoms with Gasteiger partial charge in [0, 0.05) is 19.5 Å². The molecule has 0 bridgehead atoms. The van der Waals surface area contributed by atoms with Crippen molar-refractivity contribution in [3.05, 3.63) is 0 Å². The van der Waals surface area contributed by atoms with Crippen LogP contribution in [0.25, 0.3) is 0 Å². The van der Waals surface area contributed by atoms with Crippen molar-refractivity contribution in [2.75, 3.05) is 26.3 Å². The summed E-state index contributed by atoms with van der Waals surface area (Å²) in [5, 5.41) is 2.68. The smallest absolute Gasteiger partial charge is 0.245 e. The predicted molar refractivity (Wildman–Crippen MR) is 48.6 cm³/mol. The molecule has 2 amide bonds. The zero-order chi connectivity index (χ0) is 9.97. The zero-order valence-electron chi connectivity index (χ0n) is 7.99. The van der Waals surface area contributed by atoms with Crippen LogP contribution in [-0.2, 0) is 14.3 Å². The Labute approximate surface area is 82.4 Å². The average molecular weight is 198 g/mol. The van der Waals surface area contributed by atoms with Crippen LogP contribution in [0, 0.1) is 0 Å². The van der Waals surface area contributed by atoms with Crippen LogP contribution in [0.3, 0.4) is 0 Å². The predicted octanol–water partition coefficient (Wildman–Crippen LogP) is -0.876. The van der Waals surface area contributed by atoms with Gasteiger partial charge in [-0.1, -0.05) is 0 Å². The number of nitrogens with zero attached hydrogens (tertiary/aromatic N) is 1. The van der Waals surface area contributed by atoms with Crippen LogP contribution in [0.4, 0.5) is 0 Å². The van der Waals surface area contributed by atoms with Crippen LogP contribution in [0.15, 0.2) is 0 Å². The lowest BCUT2D eigenvalue weighted by molar-refractivity contribution is -0.138. The minimum Gasteiger partial charge on any atom is -0.378 e. The molecule has 2 aliphatic rings. The Bertz CT molecular complexity index is 248. The summed E-state index contributed by atoms with van der Waals surface area (Å²) in [6, 6.07) is -0.291. The average Bonchev–Trinajstić information content (AvgIpc) is 2.65. The Morgan fingerprint density at radius 2 is 2.14 bits per heavy atom. The second kappa shape index (κ2) is 3.96. The molecule has 0 aromatic carbocycles. The molecule has 0 radical (unpaired) electrons. The molecule has 0 saturated carbocycles. The molecule has 1 N–H and O–H groups in total. The summed E-state index contributed by atoms with van der Waals surface area (Å²) in [6.45, 7) is 2.50. The van der Waals surface area contributed by atoms with E-state index in [1.165, 1.54) is 0 Å². The monoisotopic (exact) mass is 198 g/mol. The van der Waals surface area contributed by atoms with Crippen molar-refractivity contribution >= 4 is 11.8 Å². The maximum atomic E-state index is 11.8. The van der Waals surface area contributed by atoms with Gasteiger partial charge in [-0.3, -0.25) is 9.59 Å². The van der Waals surface area contributed by atoms with E-state index >= 15 is 0 Å². The van der Waals surface area contributed by atoms with Crippen LogP contribution in [-0.4, -0.2) is 49.1 Å². The van der Waals surface area contributed by atoms with Crippen LogP contribution >= 0.6 is 0 Å². The normalized spacial score (nSPS) is 27.6. The van der Waals surface area contributed by atoms with Crippen molar-refractivity contribution in [1.82, 2.24) is 10.2 Å². The lowest BCUT2D eigenvalue weighted by atomic mass is 10.2. The van der Waals surface area contributed by atoms with Gasteiger partial charge in [0.25, 0.3) is 0 Å². The van der Waals surface area contributed by atoms with Gasteiger partial charge in [-0.25, -0.2) is 0 Å². The first-order chi connectivity index (χ1) is 6.77. The summed E-state index contributed by atoms with van der Waals surface area (Å²) in [6.07, 6.45) is 1.11. The molecule has 0 aliphatic carbocycles. The third-order valence-electron chi connectivity index (χ3n) is 2.62. The van der Waals surface area contributed by atoms with Crippen molar-refractivity contribution < 1.29 is 14.3 Å². The first kappa shape index (κ1) is 9.45. The molecule has 2 aliphatic heterocycles. The fraction of sp³-hybridized carbons (Fsp3) is 0.778. The van der Waals surface area contributed by atoms with Gasteiger partial charge in [-0.2, -0.15) is 0 Å². The molecule has 5 heteroatoms. The summed E-state index contributed by atoms with van der Waals surface area (Å²) in [4.78, 5) is 24.5. The molecule has 0 aromatic heterocycles. The maximum absolute atomic E-state index is 11.8. The van der Waals surface area contributed by atoms with E-state index in [0.717, 1.165) is 0 Å². The van der Waals surface area contributed by atoms with Gasteiger partial charge in [0.15, 0.2) is 0 Å². The molecule has 2 fully saturated rings. The summed E-state index contributed by atoms with van der Waals surface area (Å²) in [5.74, 6) is 0.0239. The van der Waals surface area contributed by atoms with E-state index in [1.54, 1.807) is 4.90 Å². The van der Waals surface area contributed by atoms with E-state index in [4.69, 9.17) is 4.74 Å². The number of morpholine rings is 1. The molecule has 5 nitrogen and oxygen atoms in total. The van der Waals surface area contributed by atoms with Gasteiger partial charge >= 0.3 is 0 Å². The quantitative estimate of drug-likeness (QED) is 0.595. The second-order valence-electron chi connectivity index (χ2n) is 3.60. The van der Waals surface area contributed by atoms with Crippen LogP contribution in [0.5, 0.6) is 0 Å². The number of carbonyl (C=O) groups excluding carboxylic acids is 2. The summed E-state index contributed by atoms with van der Waals surface area (Å²) in [7, 11) is 0. The lowest BCUT2D eigenvalue weighted by Gasteiger charge is -2.28. The third kappa shape index (κ3) is 1.87. The van der Waals surface area contributed by atoms with Gasteiger partial charge < -0.3 is 15.0 Å². The summed E-state index contributed by atoms with van der Waals surface area (Å²) >= 11 is 0. The molecule has 2 saturated heterocycles. The minimum absolute atomic E-state index is 0.0170. The molecule has 0 aromatic rings. The van der Waals surface area contributed by atoms with E-state index in [9.17, 15) is 9.59 Å². The van der Waals surface area contributed by atoms with Gasteiger partial charge in [-0.05, 0) is 6.42 Å². The van der Waals surface area contributed by atoms with E-state index in [2.05, 4.69) is 5.32 Å². The second-order valence-corrected chi connectivity index (χ2v) is 3.60. The molecule has 0 unspecified atom stereocenters. The molecule has 1 atom stereocenters. The van der Waals surface area contributed by atoms with Gasteiger partial charge in [-0.15, -0.1) is 0 Å². The van der Waals surface area contributed by atoms with Crippen LogP contribution in [0.1, 0.15) is 12.8 Å². The van der Waals surface area contributed by atoms with Crippen molar-refractivity contribution in [3.63, 3.8) is 0 Å². The largest absolute Gasteiger partial charge is 0.378 e. The number of nitrogens with one attached hydrogen (secondary N) is 1. The van der Waals surface area contributed by atoms with Crippen molar-refractivity contribution in [3.8, 4) is 0 Å². The summed E-state index contributed by atoms with van der Waals surface area (Å²) in [5.41, 5.74) is 0. The number of ether oxygens (including phenoxy) is 1. The summed E-state index contributed by atoms with van der Waals surface area (Å²) < 4.78 is 5.15. The van der Waals surface area contributed by atoms with Crippen LogP contribution in [0.2, 0.25) is 0 Å². The topological polar surface area (TPSA) is 58.6 Å². The van der Waals surface area contributed by atoms with Crippen molar-refractivity contribution in [1.29, 1.82) is 0 Å². The highest BCUT2D eigenvalue weighted by molar-refractivity contribution is 5.90. The van der Waals surface area contributed by atoms with Gasteiger partial charge in [0.1, 0.15) is 6.04 Å². The molecular weight excluding hydrogens is 184 g/mol. The van der Waals surface area contributed by atoms with E-state index in [1.807, 2.05) is 0 Å². The maximum Gasteiger partial charge on any atom is 0.245 e. The fourth-order valence-electron chi connectivity index (χ4n) is 1.80. The fourth-order valence-corrected chi connectivity index (χ4v) is 1.80. The Balaban J connectivity index is 1.90. The van der Waals surface area contributed by atoms with Crippen LogP contribution < -0.4 is 5.32 Å². The Kier molecular flexibility index (Phi) is 2.67. The highest BCUT2D eigenvalue weighted by Crippen LogP contribution is 2.10. The molecule has 78 valence electrons. The first-order valence-corrected chi connectivity index (χ1v) is 4.93. The molecular formula is C9H14N2O3. The number of amides is 2. The number of rotatable bonds is 1. The minimum atomic E-state index is -0.291.